The van der Waals surface area contributed by atoms with E-state index in [1.807, 2.05) is 54.6 Å². The van der Waals surface area contributed by atoms with Gasteiger partial charge < -0.3 is 14.8 Å². The highest BCUT2D eigenvalue weighted by atomic mass is 16.5. The molecule has 0 spiro atoms. The zero-order valence-electron chi connectivity index (χ0n) is 14.7. The first-order valence-corrected chi connectivity index (χ1v) is 8.31. The molecule has 0 saturated carbocycles. The number of nitrogens with zero attached hydrogens (tertiary/aromatic N) is 1. The van der Waals surface area contributed by atoms with Crippen molar-refractivity contribution >= 4 is 11.9 Å². The summed E-state index contributed by atoms with van der Waals surface area (Å²) in [5.74, 6) is 0.451. The Bertz CT molecular complexity index is 942. The van der Waals surface area contributed by atoms with Crippen LogP contribution in [0.3, 0.4) is 0 Å². The summed E-state index contributed by atoms with van der Waals surface area (Å²) in [6.07, 6.45) is 0. The summed E-state index contributed by atoms with van der Waals surface area (Å²) in [4.78, 5) is 27.8. The SMILES string of the molecule is COC(=O)c1cccc(C(=O)NCc2cccc(Oc3ccccc3)c2)n1. The van der Waals surface area contributed by atoms with Crippen LogP contribution in [0.15, 0.2) is 72.8 Å². The molecule has 0 aliphatic carbocycles. The molecular formula is C21H18N2O4. The number of benzene rings is 2. The molecule has 1 amide bonds. The van der Waals surface area contributed by atoms with Gasteiger partial charge in [0.15, 0.2) is 0 Å². The molecule has 0 fully saturated rings. The molecule has 0 unspecified atom stereocenters. The van der Waals surface area contributed by atoms with Gasteiger partial charge in [-0.05, 0) is 42.0 Å². The predicted octanol–water partition coefficient (Wildman–Crippen LogP) is 3.59. The van der Waals surface area contributed by atoms with Crippen molar-refractivity contribution < 1.29 is 19.1 Å². The largest absolute Gasteiger partial charge is 0.464 e. The molecule has 0 atom stereocenters. The van der Waals surface area contributed by atoms with Gasteiger partial charge in [-0.3, -0.25) is 4.79 Å². The summed E-state index contributed by atoms with van der Waals surface area (Å²) in [6, 6.07) is 21.5. The number of nitrogens with one attached hydrogen (secondary N) is 1. The molecule has 3 aromatic rings. The molecule has 2 aromatic carbocycles. The molecule has 3 rings (SSSR count). The van der Waals surface area contributed by atoms with Gasteiger partial charge in [-0.15, -0.1) is 0 Å². The highest BCUT2D eigenvalue weighted by Gasteiger charge is 2.12. The average molecular weight is 362 g/mol. The maximum absolute atomic E-state index is 12.3. The molecule has 27 heavy (non-hydrogen) atoms. The van der Waals surface area contributed by atoms with Crippen LogP contribution < -0.4 is 10.1 Å². The first-order valence-electron chi connectivity index (χ1n) is 8.31. The number of ether oxygens (including phenoxy) is 2. The summed E-state index contributed by atoms with van der Waals surface area (Å²) in [7, 11) is 1.27. The minimum Gasteiger partial charge on any atom is -0.464 e. The molecule has 0 aliphatic rings. The van der Waals surface area contributed by atoms with E-state index < -0.39 is 5.97 Å². The Hall–Kier alpha value is -3.67. The number of esters is 1. The number of carbonyl (C=O) groups is 2. The first-order chi connectivity index (χ1) is 13.2. The standard InChI is InChI=1S/C21H18N2O4/c1-26-21(25)19-12-6-11-18(23-19)20(24)22-14-15-7-5-10-17(13-15)27-16-8-3-2-4-9-16/h2-13H,14H2,1H3,(H,22,24). The van der Waals surface area contributed by atoms with Crippen molar-refractivity contribution in [3.63, 3.8) is 0 Å². The predicted molar refractivity (Wildman–Crippen MR) is 99.7 cm³/mol. The highest BCUT2D eigenvalue weighted by Crippen LogP contribution is 2.21. The summed E-state index contributed by atoms with van der Waals surface area (Å²) >= 11 is 0. The smallest absolute Gasteiger partial charge is 0.356 e. The van der Waals surface area contributed by atoms with Crippen LogP contribution in [0.5, 0.6) is 11.5 Å². The minimum atomic E-state index is -0.588. The lowest BCUT2D eigenvalue weighted by Gasteiger charge is -2.09. The number of hydrogen-bond acceptors (Lipinski definition) is 5. The lowest BCUT2D eigenvalue weighted by atomic mass is 10.2. The fourth-order valence-corrected chi connectivity index (χ4v) is 2.40. The number of methoxy groups -OCH3 is 1. The second-order valence-corrected chi connectivity index (χ2v) is 5.64. The maximum Gasteiger partial charge on any atom is 0.356 e. The monoisotopic (exact) mass is 362 g/mol. The number of pyridine rings is 1. The van der Waals surface area contributed by atoms with Gasteiger partial charge in [0.05, 0.1) is 7.11 Å². The Balaban J connectivity index is 1.64. The molecule has 1 heterocycles. The third-order valence-electron chi connectivity index (χ3n) is 3.71. The first kappa shape index (κ1) is 18.1. The summed E-state index contributed by atoms with van der Waals surface area (Å²) < 4.78 is 10.4. The van der Waals surface area contributed by atoms with Crippen LogP contribution in [-0.4, -0.2) is 24.0 Å². The van der Waals surface area contributed by atoms with Crippen molar-refractivity contribution in [2.45, 2.75) is 6.54 Å². The molecule has 1 N–H and O–H groups in total. The van der Waals surface area contributed by atoms with Crippen LogP contribution in [0, 0.1) is 0 Å². The van der Waals surface area contributed by atoms with Crippen molar-refractivity contribution in [1.82, 2.24) is 10.3 Å². The molecule has 0 saturated heterocycles. The van der Waals surface area contributed by atoms with E-state index in [0.717, 1.165) is 11.3 Å². The van der Waals surface area contributed by atoms with E-state index in [1.54, 1.807) is 6.07 Å². The second kappa shape index (κ2) is 8.62. The number of carbonyl (C=O) groups excluding carboxylic acids is 2. The van der Waals surface area contributed by atoms with E-state index in [0.29, 0.717) is 12.3 Å². The zero-order chi connectivity index (χ0) is 19.1. The van der Waals surface area contributed by atoms with E-state index in [-0.39, 0.29) is 17.3 Å². The Labute approximate surface area is 156 Å². The van der Waals surface area contributed by atoms with E-state index in [1.165, 1.54) is 19.2 Å². The summed E-state index contributed by atoms with van der Waals surface area (Å²) in [6.45, 7) is 0.301. The molecular weight excluding hydrogens is 344 g/mol. The van der Waals surface area contributed by atoms with Gasteiger partial charge >= 0.3 is 5.97 Å². The van der Waals surface area contributed by atoms with Gasteiger partial charge in [-0.25, -0.2) is 9.78 Å². The third kappa shape index (κ3) is 4.92. The van der Waals surface area contributed by atoms with E-state index in [4.69, 9.17) is 4.74 Å². The highest BCUT2D eigenvalue weighted by molar-refractivity contribution is 5.94. The van der Waals surface area contributed by atoms with Gasteiger partial charge in [0.1, 0.15) is 22.9 Å². The van der Waals surface area contributed by atoms with Crippen molar-refractivity contribution in [2.24, 2.45) is 0 Å². The van der Waals surface area contributed by atoms with Gasteiger partial charge in [-0.2, -0.15) is 0 Å². The number of aromatic nitrogens is 1. The maximum atomic E-state index is 12.3. The Morgan fingerprint density at radius 2 is 1.59 bits per heavy atom. The van der Waals surface area contributed by atoms with Gasteiger partial charge in [0, 0.05) is 6.54 Å². The van der Waals surface area contributed by atoms with E-state index in [2.05, 4.69) is 15.0 Å². The lowest BCUT2D eigenvalue weighted by Crippen LogP contribution is -2.24. The number of rotatable bonds is 6. The Morgan fingerprint density at radius 3 is 2.37 bits per heavy atom. The normalized spacial score (nSPS) is 10.1. The Morgan fingerprint density at radius 1 is 0.889 bits per heavy atom. The molecule has 1 aromatic heterocycles. The van der Waals surface area contributed by atoms with Crippen molar-refractivity contribution in [1.29, 1.82) is 0 Å². The van der Waals surface area contributed by atoms with Crippen molar-refractivity contribution in [3.8, 4) is 11.5 Å². The molecule has 6 nitrogen and oxygen atoms in total. The average Bonchev–Trinajstić information content (AvgIpc) is 2.72. The Kier molecular flexibility index (Phi) is 5.79. The fraction of sp³-hybridized carbons (Fsp3) is 0.0952. The van der Waals surface area contributed by atoms with Gasteiger partial charge in [0.2, 0.25) is 0 Å². The second-order valence-electron chi connectivity index (χ2n) is 5.64. The number of para-hydroxylation sites is 1. The van der Waals surface area contributed by atoms with Crippen LogP contribution in [0.1, 0.15) is 26.5 Å². The zero-order valence-corrected chi connectivity index (χ0v) is 14.7. The molecule has 0 bridgehead atoms. The minimum absolute atomic E-state index is 0.0865. The summed E-state index contributed by atoms with van der Waals surface area (Å²) in [5.41, 5.74) is 1.11. The van der Waals surface area contributed by atoms with Crippen molar-refractivity contribution in [3.05, 3.63) is 89.7 Å². The van der Waals surface area contributed by atoms with E-state index >= 15 is 0 Å². The van der Waals surface area contributed by atoms with Crippen LogP contribution in [0.25, 0.3) is 0 Å². The molecule has 0 radical (unpaired) electrons. The van der Waals surface area contributed by atoms with Crippen LogP contribution in [0.2, 0.25) is 0 Å². The van der Waals surface area contributed by atoms with E-state index in [9.17, 15) is 9.59 Å². The van der Waals surface area contributed by atoms with Crippen molar-refractivity contribution in [2.75, 3.05) is 7.11 Å². The van der Waals surface area contributed by atoms with Crippen LogP contribution in [0.4, 0.5) is 0 Å². The quantitative estimate of drug-likeness (QED) is 0.678. The molecule has 6 heteroatoms. The van der Waals surface area contributed by atoms with Gasteiger partial charge in [0.25, 0.3) is 5.91 Å². The fourth-order valence-electron chi connectivity index (χ4n) is 2.40. The van der Waals surface area contributed by atoms with Crippen LogP contribution in [-0.2, 0) is 11.3 Å². The third-order valence-corrected chi connectivity index (χ3v) is 3.71. The lowest BCUT2D eigenvalue weighted by molar-refractivity contribution is 0.0594. The topological polar surface area (TPSA) is 77.5 Å². The molecule has 136 valence electrons. The molecule has 0 aliphatic heterocycles. The number of hydrogen-bond donors (Lipinski definition) is 1. The van der Waals surface area contributed by atoms with Gasteiger partial charge in [-0.1, -0.05) is 36.4 Å². The number of amides is 1. The summed E-state index contributed by atoms with van der Waals surface area (Å²) in [5, 5.41) is 2.78. The van der Waals surface area contributed by atoms with Crippen LogP contribution >= 0.6 is 0 Å².